The van der Waals surface area contributed by atoms with Crippen LogP contribution in [-0.2, 0) is 13.0 Å². The lowest BCUT2D eigenvalue weighted by molar-refractivity contribution is 0.0981. The number of aromatic nitrogens is 5. The molecule has 3 aromatic heterocycles. The summed E-state index contributed by atoms with van der Waals surface area (Å²) in [5.74, 6) is 0.472. The Hall–Kier alpha value is -2.99. The third kappa shape index (κ3) is 3.68. The molecule has 1 aromatic carbocycles. The van der Waals surface area contributed by atoms with E-state index in [9.17, 15) is 4.79 Å². The Morgan fingerprint density at radius 2 is 1.96 bits per heavy atom. The standard InChI is InChI=1S/C21H20ClN5O/c1-2-3-10-27-20(17(22)13-23-27)19(28)12-16-9-11-26-14-18(25-21(26)24-16)15-7-5-4-6-8-15/h4-9,11,13-14H,2-3,10,12H2,1H3. The van der Waals surface area contributed by atoms with Gasteiger partial charge in [-0.05, 0) is 12.5 Å². The fraction of sp³-hybridized carbons (Fsp3) is 0.238. The van der Waals surface area contributed by atoms with Crippen LogP contribution in [0.25, 0.3) is 17.0 Å². The second-order valence-electron chi connectivity index (χ2n) is 6.64. The van der Waals surface area contributed by atoms with Crippen LogP contribution in [0.4, 0.5) is 0 Å². The molecule has 0 aliphatic rings. The summed E-state index contributed by atoms with van der Waals surface area (Å²) in [6.07, 6.45) is 7.45. The monoisotopic (exact) mass is 393 g/mol. The molecule has 0 bridgehead atoms. The van der Waals surface area contributed by atoms with E-state index in [2.05, 4.69) is 22.0 Å². The molecule has 0 aliphatic carbocycles. The van der Waals surface area contributed by atoms with Crippen molar-refractivity contribution in [2.24, 2.45) is 0 Å². The van der Waals surface area contributed by atoms with E-state index >= 15 is 0 Å². The van der Waals surface area contributed by atoms with Gasteiger partial charge in [-0.1, -0.05) is 55.3 Å². The first kappa shape index (κ1) is 18.4. The smallest absolute Gasteiger partial charge is 0.234 e. The van der Waals surface area contributed by atoms with Gasteiger partial charge in [0.15, 0.2) is 5.78 Å². The molecule has 28 heavy (non-hydrogen) atoms. The van der Waals surface area contributed by atoms with E-state index in [4.69, 9.17) is 11.6 Å². The summed E-state index contributed by atoms with van der Waals surface area (Å²) >= 11 is 6.21. The van der Waals surface area contributed by atoms with Crippen molar-refractivity contribution >= 4 is 23.2 Å². The maximum atomic E-state index is 12.8. The van der Waals surface area contributed by atoms with Gasteiger partial charge in [-0.25, -0.2) is 9.97 Å². The van der Waals surface area contributed by atoms with Crippen molar-refractivity contribution in [3.8, 4) is 11.3 Å². The van der Waals surface area contributed by atoms with E-state index in [0.29, 0.717) is 28.7 Å². The number of Topliss-reactive ketones (excluding diaryl/α,β-unsaturated/α-hetero) is 1. The Morgan fingerprint density at radius 3 is 2.75 bits per heavy atom. The van der Waals surface area contributed by atoms with Gasteiger partial charge in [-0.15, -0.1) is 0 Å². The zero-order valence-corrected chi connectivity index (χ0v) is 16.3. The van der Waals surface area contributed by atoms with E-state index in [1.54, 1.807) is 4.68 Å². The van der Waals surface area contributed by atoms with Gasteiger partial charge in [-0.2, -0.15) is 5.10 Å². The Labute approximate surface area is 167 Å². The Morgan fingerprint density at radius 1 is 1.14 bits per heavy atom. The van der Waals surface area contributed by atoms with E-state index in [0.717, 1.165) is 24.1 Å². The van der Waals surface area contributed by atoms with E-state index in [-0.39, 0.29) is 12.2 Å². The van der Waals surface area contributed by atoms with Crippen LogP contribution in [0.2, 0.25) is 5.02 Å². The number of benzene rings is 1. The molecular weight excluding hydrogens is 374 g/mol. The summed E-state index contributed by atoms with van der Waals surface area (Å²) in [7, 11) is 0. The third-order valence-corrected chi connectivity index (χ3v) is 4.85. The molecule has 0 unspecified atom stereocenters. The van der Waals surface area contributed by atoms with Crippen molar-refractivity contribution in [2.75, 3.05) is 0 Å². The first-order valence-corrected chi connectivity index (χ1v) is 9.68. The number of imidazole rings is 1. The van der Waals surface area contributed by atoms with Gasteiger partial charge in [0.25, 0.3) is 0 Å². The second-order valence-corrected chi connectivity index (χ2v) is 7.04. The number of halogens is 1. The molecule has 142 valence electrons. The highest BCUT2D eigenvalue weighted by Crippen LogP contribution is 2.20. The topological polar surface area (TPSA) is 65.1 Å². The summed E-state index contributed by atoms with van der Waals surface area (Å²) in [4.78, 5) is 22.0. The number of aryl methyl sites for hydroxylation is 1. The highest BCUT2D eigenvalue weighted by atomic mass is 35.5. The average molecular weight is 394 g/mol. The number of hydrogen-bond acceptors (Lipinski definition) is 4. The van der Waals surface area contributed by atoms with Crippen molar-refractivity contribution < 1.29 is 4.79 Å². The van der Waals surface area contributed by atoms with Crippen molar-refractivity contribution in [3.05, 3.63) is 71.4 Å². The molecule has 0 saturated carbocycles. The SMILES string of the molecule is CCCCn1ncc(Cl)c1C(=O)Cc1ccn2cc(-c3ccccc3)nc2n1. The number of carbonyl (C=O) groups is 1. The normalized spacial score (nSPS) is 11.2. The molecule has 0 saturated heterocycles. The lowest BCUT2D eigenvalue weighted by Gasteiger charge is -2.06. The van der Waals surface area contributed by atoms with E-state index in [1.807, 2.05) is 53.2 Å². The van der Waals surface area contributed by atoms with Crippen LogP contribution in [-0.4, -0.2) is 29.9 Å². The number of rotatable bonds is 7. The molecule has 0 radical (unpaired) electrons. The predicted molar refractivity (Wildman–Crippen MR) is 109 cm³/mol. The number of hydrogen-bond donors (Lipinski definition) is 0. The highest BCUT2D eigenvalue weighted by molar-refractivity contribution is 6.33. The number of fused-ring (bicyclic) bond motifs is 1. The van der Waals surface area contributed by atoms with Crippen molar-refractivity contribution in [1.29, 1.82) is 0 Å². The minimum Gasteiger partial charge on any atom is -0.292 e. The van der Waals surface area contributed by atoms with Crippen molar-refractivity contribution in [2.45, 2.75) is 32.7 Å². The predicted octanol–water partition coefficient (Wildman–Crippen LogP) is 4.47. The van der Waals surface area contributed by atoms with Crippen molar-refractivity contribution in [1.82, 2.24) is 24.1 Å². The summed E-state index contributed by atoms with van der Waals surface area (Å²) in [6.45, 7) is 2.78. The van der Waals surface area contributed by atoms with Gasteiger partial charge < -0.3 is 0 Å². The van der Waals surface area contributed by atoms with Gasteiger partial charge in [0, 0.05) is 24.5 Å². The number of carbonyl (C=O) groups excluding carboxylic acids is 1. The summed E-state index contributed by atoms with van der Waals surface area (Å²) in [5.41, 5.74) is 2.97. The van der Waals surface area contributed by atoms with E-state index < -0.39 is 0 Å². The molecule has 0 spiro atoms. The summed E-state index contributed by atoms with van der Waals surface area (Å²) in [6, 6.07) is 11.8. The minimum atomic E-state index is -0.0923. The molecule has 0 fully saturated rings. The van der Waals surface area contributed by atoms with Crippen LogP contribution in [0.15, 0.2) is 55.0 Å². The molecule has 0 N–H and O–H groups in total. The van der Waals surface area contributed by atoms with Crippen LogP contribution >= 0.6 is 11.6 Å². The molecule has 7 heteroatoms. The molecule has 0 atom stereocenters. The highest BCUT2D eigenvalue weighted by Gasteiger charge is 2.18. The largest absolute Gasteiger partial charge is 0.292 e. The summed E-state index contributed by atoms with van der Waals surface area (Å²) in [5, 5.41) is 4.61. The summed E-state index contributed by atoms with van der Waals surface area (Å²) < 4.78 is 3.55. The van der Waals surface area contributed by atoms with E-state index in [1.165, 1.54) is 6.20 Å². The molecule has 0 aliphatic heterocycles. The van der Waals surface area contributed by atoms with Gasteiger partial charge in [-0.3, -0.25) is 13.9 Å². The average Bonchev–Trinajstić information content (AvgIpc) is 3.30. The van der Waals surface area contributed by atoms with Gasteiger partial charge in [0.2, 0.25) is 5.78 Å². The Bertz CT molecular complexity index is 1120. The fourth-order valence-corrected chi connectivity index (χ4v) is 3.37. The Kier molecular flexibility index (Phi) is 5.21. The molecule has 4 rings (SSSR count). The molecule has 6 nitrogen and oxygen atoms in total. The first-order valence-electron chi connectivity index (χ1n) is 9.30. The van der Waals surface area contributed by atoms with Crippen LogP contribution in [0.1, 0.15) is 35.9 Å². The minimum absolute atomic E-state index is 0.0923. The van der Waals surface area contributed by atoms with Gasteiger partial charge >= 0.3 is 0 Å². The maximum absolute atomic E-state index is 12.8. The molecular formula is C21H20ClN5O. The third-order valence-electron chi connectivity index (χ3n) is 4.58. The molecule has 4 aromatic rings. The number of unbranched alkanes of at least 4 members (excludes halogenated alkanes) is 1. The van der Waals surface area contributed by atoms with Crippen LogP contribution in [0.5, 0.6) is 0 Å². The first-order chi connectivity index (χ1) is 13.7. The number of nitrogens with zero attached hydrogens (tertiary/aromatic N) is 5. The molecule has 3 heterocycles. The van der Waals surface area contributed by atoms with Gasteiger partial charge in [0.05, 0.1) is 29.0 Å². The lowest BCUT2D eigenvalue weighted by atomic mass is 10.1. The zero-order valence-electron chi connectivity index (χ0n) is 15.5. The maximum Gasteiger partial charge on any atom is 0.234 e. The Balaban J connectivity index is 1.58. The quantitative estimate of drug-likeness (QED) is 0.434. The van der Waals surface area contributed by atoms with Gasteiger partial charge in [0.1, 0.15) is 5.69 Å². The van der Waals surface area contributed by atoms with Crippen LogP contribution in [0, 0.1) is 0 Å². The number of ketones is 1. The fourth-order valence-electron chi connectivity index (χ4n) is 3.12. The zero-order chi connectivity index (χ0) is 19.5. The van der Waals surface area contributed by atoms with Crippen molar-refractivity contribution in [3.63, 3.8) is 0 Å². The van der Waals surface area contributed by atoms with Crippen LogP contribution < -0.4 is 0 Å². The lowest BCUT2D eigenvalue weighted by Crippen LogP contribution is -2.14. The van der Waals surface area contributed by atoms with Crippen LogP contribution in [0.3, 0.4) is 0 Å². The molecule has 0 amide bonds. The second kappa shape index (κ2) is 7.94.